The Hall–Kier alpha value is -1.88. The fourth-order valence-corrected chi connectivity index (χ4v) is 2.49. The normalized spacial score (nSPS) is 12.1. The molecule has 2 aromatic heterocycles. The van der Waals surface area contributed by atoms with Gasteiger partial charge in [-0.1, -0.05) is 6.07 Å². The molecule has 0 amide bonds. The van der Waals surface area contributed by atoms with Gasteiger partial charge in [0.2, 0.25) is 0 Å². The zero-order chi connectivity index (χ0) is 13.1. The number of hydrogen-bond acceptors (Lipinski definition) is 4. The number of nitrogens with zero attached hydrogens (tertiary/aromatic N) is 1. The van der Waals surface area contributed by atoms with E-state index in [-0.39, 0.29) is 11.6 Å². The van der Waals surface area contributed by atoms with Crippen LogP contribution in [-0.2, 0) is 0 Å². The summed E-state index contributed by atoms with van der Waals surface area (Å²) >= 11 is 1.63. The average Bonchev–Trinajstić information content (AvgIpc) is 2.81. The standard InChI is InChI=1S/C13H14N2O2S/c1-8-5-6-14-12(11(8)13(16)17)15-9(2)10-4-3-7-18-10/h3-7,9H,1-2H3,(H,14,15)(H,16,17). The van der Waals surface area contributed by atoms with Crippen LogP contribution in [0.15, 0.2) is 29.8 Å². The van der Waals surface area contributed by atoms with Gasteiger partial charge in [-0.2, -0.15) is 0 Å². The van der Waals surface area contributed by atoms with Crippen LogP contribution in [0.25, 0.3) is 0 Å². The third-order valence-corrected chi connectivity index (χ3v) is 3.75. The molecule has 0 aliphatic rings. The maximum absolute atomic E-state index is 11.2. The Labute approximate surface area is 109 Å². The predicted octanol–water partition coefficient (Wildman–Crippen LogP) is 3.32. The number of anilines is 1. The maximum Gasteiger partial charge on any atom is 0.339 e. The summed E-state index contributed by atoms with van der Waals surface area (Å²) < 4.78 is 0. The SMILES string of the molecule is Cc1ccnc(NC(C)c2cccs2)c1C(=O)O. The first kappa shape index (κ1) is 12.6. The Morgan fingerprint density at radius 3 is 2.89 bits per heavy atom. The zero-order valence-electron chi connectivity index (χ0n) is 10.2. The Balaban J connectivity index is 2.29. The van der Waals surface area contributed by atoms with Gasteiger partial charge in [-0.25, -0.2) is 9.78 Å². The molecule has 0 aromatic carbocycles. The lowest BCUT2D eigenvalue weighted by molar-refractivity contribution is 0.0697. The number of pyridine rings is 1. The number of carboxylic acid groups (broad SMARTS) is 1. The van der Waals surface area contributed by atoms with Crippen molar-refractivity contribution in [3.05, 3.63) is 45.8 Å². The Kier molecular flexibility index (Phi) is 3.62. The number of hydrogen-bond donors (Lipinski definition) is 2. The number of thiophene rings is 1. The van der Waals surface area contributed by atoms with E-state index in [1.807, 2.05) is 24.4 Å². The van der Waals surface area contributed by atoms with Crippen LogP contribution in [0.5, 0.6) is 0 Å². The number of rotatable bonds is 4. The van der Waals surface area contributed by atoms with Crippen molar-refractivity contribution in [3.63, 3.8) is 0 Å². The maximum atomic E-state index is 11.2. The summed E-state index contributed by atoms with van der Waals surface area (Å²) in [6.07, 6.45) is 1.62. The van der Waals surface area contributed by atoms with E-state index in [1.54, 1.807) is 30.5 Å². The molecule has 0 aliphatic carbocycles. The molecule has 0 fully saturated rings. The molecule has 0 spiro atoms. The van der Waals surface area contributed by atoms with Crippen molar-refractivity contribution >= 4 is 23.1 Å². The summed E-state index contributed by atoms with van der Waals surface area (Å²) in [5.41, 5.74) is 0.944. The number of carboxylic acids is 1. The highest BCUT2D eigenvalue weighted by Gasteiger charge is 2.16. The van der Waals surface area contributed by atoms with Crippen LogP contribution in [0.3, 0.4) is 0 Å². The molecular formula is C13H14N2O2S. The van der Waals surface area contributed by atoms with E-state index in [0.717, 1.165) is 4.88 Å². The highest BCUT2D eigenvalue weighted by atomic mass is 32.1. The van der Waals surface area contributed by atoms with Gasteiger partial charge in [0.25, 0.3) is 0 Å². The summed E-state index contributed by atoms with van der Waals surface area (Å²) in [5.74, 6) is -0.537. The lowest BCUT2D eigenvalue weighted by Gasteiger charge is -2.15. The first-order valence-electron chi connectivity index (χ1n) is 5.58. The van der Waals surface area contributed by atoms with Crippen molar-refractivity contribution in [1.82, 2.24) is 4.98 Å². The Morgan fingerprint density at radius 1 is 1.50 bits per heavy atom. The van der Waals surface area contributed by atoms with Crippen molar-refractivity contribution < 1.29 is 9.90 Å². The zero-order valence-corrected chi connectivity index (χ0v) is 11.0. The molecule has 2 heterocycles. The quantitative estimate of drug-likeness (QED) is 0.887. The van der Waals surface area contributed by atoms with E-state index in [2.05, 4.69) is 10.3 Å². The molecule has 1 unspecified atom stereocenters. The van der Waals surface area contributed by atoms with E-state index in [1.165, 1.54) is 0 Å². The van der Waals surface area contributed by atoms with Crippen molar-refractivity contribution in [2.45, 2.75) is 19.9 Å². The third kappa shape index (κ3) is 2.51. The average molecular weight is 262 g/mol. The fraction of sp³-hybridized carbons (Fsp3) is 0.231. The van der Waals surface area contributed by atoms with Gasteiger partial charge in [0.15, 0.2) is 0 Å². The topological polar surface area (TPSA) is 62.2 Å². The van der Waals surface area contributed by atoms with Gasteiger partial charge in [0.05, 0.1) is 6.04 Å². The minimum absolute atomic E-state index is 0.0393. The molecule has 18 heavy (non-hydrogen) atoms. The van der Waals surface area contributed by atoms with Crippen molar-refractivity contribution in [3.8, 4) is 0 Å². The summed E-state index contributed by atoms with van der Waals surface area (Å²) in [6.45, 7) is 3.76. The molecule has 5 heteroatoms. The van der Waals surface area contributed by atoms with Gasteiger partial charge < -0.3 is 10.4 Å². The molecule has 0 saturated heterocycles. The Morgan fingerprint density at radius 2 is 2.28 bits per heavy atom. The van der Waals surface area contributed by atoms with Gasteiger partial charge in [0, 0.05) is 11.1 Å². The predicted molar refractivity (Wildman–Crippen MR) is 72.3 cm³/mol. The largest absolute Gasteiger partial charge is 0.478 e. The molecule has 4 nitrogen and oxygen atoms in total. The third-order valence-electron chi connectivity index (χ3n) is 2.70. The summed E-state index contributed by atoms with van der Waals surface area (Å²) in [4.78, 5) is 16.5. The molecule has 94 valence electrons. The molecule has 0 saturated carbocycles. The smallest absolute Gasteiger partial charge is 0.339 e. The summed E-state index contributed by atoms with van der Waals surface area (Å²) in [7, 11) is 0. The van der Waals surface area contributed by atoms with Gasteiger partial charge in [-0.05, 0) is 36.9 Å². The van der Waals surface area contributed by atoms with Crippen LogP contribution < -0.4 is 5.32 Å². The summed E-state index contributed by atoms with van der Waals surface area (Å²) in [5, 5.41) is 14.4. The van der Waals surface area contributed by atoms with Crippen LogP contribution in [-0.4, -0.2) is 16.1 Å². The first-order valence-corrected chi connectivity index (χ1v) is 6.46. The molecule has 0 aliphatic heterocycles. The second kappa shape index (κ2) is 5.18. The molecular weight excluding hydrogens is 248 g/mol. The number of nitrogens with one attached hydrogen (secondary N) is 1. The molecule has 2 N–H and O–H groups in total. The molecule has 2 rings (SSSR count). The van der Waals surface area contributed by atoms with E-state index in [4.69, 9.17) is 0 Å². The highest BCUT2D eigenvalue weighted by molar-refractivity contribution is 7.10. The number of aromatic carboxylic acids is 1. The number of aromatic nitrogens is 1. The minimum Gasteiger partial charge on any atom is -0.478 e. The van der Waals surface area contributed by atoms with Crippen LogP contribution in [0.4, 0.5) is 5.82 Å². The molecule has 0 bridgehead atoms. The van der Waals surface area contributed by atoms with Crippen molar-refractivity contribution in [2.24, 2.45) is 0 Å². The van der Waals surface area contributed by atoms with E-state index >= 15 is 0 Å². The van der Waals surface area contributed by atoms with Gasteiger partial charge in [0.1, 0.15) is 11.4 Å². The molecule has 1 atom stereocenters. The molecule has 2 aromatic rings. The fourth-order valence-electron chi connectivity index (χ4n) is 1.75. The monoisotopic (exact) mass is 262 g/mol. The first-order chi connectivity index (χ1) is 8.59. The van der Waals surface area contributed by atoms with Crippen LogP contribution in [0, 0.1) is 6.92 Å². The number of carbonyl (C=O) groups is 1. The van der Waals surface area contributed by atoms with E-state index in [0.29, 0.717) is 11.4 Å². The van der Waals surface area contributed by atoms with Gasteiger partial charge >= 0.3 is 5.97 Å². The Bertz CT molecular complexity index is 552. The molecule has 0 radical (unpaired) electrons. The van der Waals surface area contributed by atoms with E-state index in [9.17, 15) is 9.90 Å². The van der Waals surface area contributed by atoms with Crippen LogP contribution >= 0.6 is 11.3 Å². The second-order valence-electron chi connectivity index (χ2n) is 4.04. The lowest BCUT2D eigenvalue weighted by atomic mass is 10.1. The summed E-state index contributed by atoms with van der Waals surface area (Å²) in [6, 6.07) is 5.72. The highest BCUT2D eigenvalue weighted by Crippen LogP contribution is 2.25. The van der Waals surface area contributed by atoms with Gasteiger partial charge in [-0.3, -0.25) is 0 Å². The van der Waals surface area contributed by atoms with Crippen LogP contribution in [0.2, 0.25) is 0 Å². The minimum atomic E-state index is -0.957. The van der Waals surface area contributed by atoms with E-state index < -0.39 is 5.97 Å². The number of aryl methyl sites for hydroxylation is 1. The lowest BCUT2D eigenvalue weighted by Crippen LogP contribution is -2.12. The van der Waals surface area contributed by atoms with Crippen LogP contribution in [0.1, 0.15) is 33.8 Å². The van der Waals surface area contributed by atoms with Gasteiger partial charge in [-0.15, -0.1) is 11.3 Å². The van der Waals surface area contributed by atoms with Crippen molar-refractivity contribution in [2.75, 3.05) is 5.32 Å². The second-order valence-corrected chi connectivity index (χ2v) is 5.02. The van der Waals surface area contributed by atoms with Crippen molar-refractivity contribution in [1.29, 1.82) is 0 Å².